The lowest BCUT2D eigenvalue weighted by molar-refractivity contribution is 0.199. The molecule has 1 atom stereocenters. The highest BCUT2D eigenvalue weighted by atomic mass is 19.1. The molecule has 1 aromatic carbocycles. The number of aryl methyl sites for hydroxylation is 1. The molecule has 0 bridgehead atoms. The molecular weight excluding hydrogens is 205 g/mol. The van der Waals surface area contributed by atoms with Crippen LogP contribution in [0.5, 0.6) is 0 Å². The highest BCUT2D eigenvalue weighted by molar-refractivity contribution is 5.57. The second kappa shape index (κ2) is 4.06. The molecule has 2 rings (SSSR count). The van der Waals surface area contributed by atoms with Crippen LogP contribution in [0.2, 0.25) is 0 Å². The molecule has 1 aliphatic carbocycles. The van der Waals surface area contributed by atoms with E-state index in [1.54, 1.807) is 13.8 Å². The van der Waals surface area contributed by atoms with E-state index in [0.29, 0.717) is 17.2 Å². The van der Waals surface area contributed by atoms with E-state index in [9.17, 15) is 9.50 Å². The van der Waals surface area contributed by atoms with Crippen molar-refractivity contribution in [3.8, 4) is 0 Å². The molecule has 1 fully saturated rings. The first kappa shape index (κ1) is 11.4. The van der Waals surface area contributed by atoms with E-state index in [1.165, 1.54) is 18.9 Å². The molecule has 1 aliphatic rings. The summed E-state index contributed by atoms with van der Waals surface area (Å²) in [4.78, 5) is 2.15. The first-order valence-electron chi connectivity index (χ1n) is 5.71. The Morgan fingerprint density at radius 1 is 1.44 bits per heavy atom. The zero-order chi connectivity index (χ0) is 11.9. The summed E-state index contributed by atoms with van der Waals surface area (Å²) in [5.74, 6) is -0.246. The lowest BCUT2D eigenvalue weighted by atomic mass is 10.0. The van der Waals surface area contributed by atoms with E-state index in [-0.39, 0.29) is 5.82 Å². The van der Waals surface area contributed by atoms with Gasteiger partial charge in [-0.25, -0.2) is 4.39 Å². The van der Waals surface area contributed by atoms with E-state index >= 15 is 0 Å². The van der Waals surface area contributed by atoms with Crippen LogP contribution in [-0.2, 0) is 0 Å². The van der Waals surface area contributed by atoms with Crippen LogP contribution in [0.25, 0.3) is 0 Å². The predicted octanol–water partition coefficient (Wildman–Crippen LogP) is 2.79. The summed E-state index contributed by atoms with van der Waals surface area (Å²) in [6.07, 6.45) is 1.74. The maximum atomic E-state index is 13.5. The first-order chi connectivity index (χ1) is 7.50. The lowest BCUT2D eigenvalue weighted by Crippen LogP contribution is -2.21. The quantitative estimate of drug-likeness (QED) is 0.851. The Kier molecular flexibility index (Phi) is 2.89. The topological polar surface area (TPSA) is 23.5 Å². The van der Waals surface area contributed by atoms with Gasteiger partial charge >= 0.3 is 0 Å². The van der Waals surface area contributed by atoms with Crippen molar-refractivity contribution in [1.82, 2.24) is 0 Å². The van der Waals surface area contributed by atoms with E-state index < -0.39 is 6.10 Å². The zero-order valence-corrected chi connectivity index (χ0v) is 10.00. The van der Waals surface area contributed by atoms with Gasteiger partial charge in [0, 0.05) is 24.3 Å². The van der Waals surface area contributed by atoms with Gasteiger partial charge in [-0.15, -0.1) is 0 Å². The van der Waals surface area contributed by atoms with Gasteiger partial charge in [-0.3, -0.25) is 0 Å². The van der Waals surface area contributed by atoms with Crippen LogP contribution < -0.4 is 4.90 Å². The summed E-state index contributed by atoms with van der Waals surface area (Å²) in [6.45, 7) is 3.43. The second-order valence-electron chi connectivity index (χ2n) is 4.68. The molecule has 0 heterocycles. The van der Waals surface area contributed by atoms with Crippen LogP contribution in [0.1, 0.15) is 37.0 Å². The summed E-state index contributed by atoms with van der Waals surface area (Å²) in [5, 5.41) is 9.68. The molecule has 3 heteroatoms. The van der Waals surface area contributed by atoms with Crippen LogP contribution >= 0.6 is 0 Å². The number of aliphatic hydroxyl groups is 1. The summed E-state index contributed by atoms with van der Waals surface area (Å²) in [6, 6.07) is 3.84. The predicted molar refractivity (Wildman–Crippen MR) is 63.2 cm³/mol. The average molecular weight is 223 g/mol. The van der Waals surface area contributed by atoms with Crippen molar-refractivity contribution < 1.29 is 9.50 Å². The molecule has 16 heavy (non-hydrogen) atoms. The molecule has 1 unspecified atom stereocenters. The number of anilines is 1. The van der Waals surface area contributed by atoms with Gasteiger partial charge in [0.05, 0.1) is 6.10 Å². The molecule has 2 nitrogen and oxygen atoms in total. The van der Waals surface area contributed by atoms with Gasteiger partial charge in [0.25, 0.3) is 0 Å². The van der Waals surface area contributed by atoms with Crippen LogP contribution in [0.15, 0.2) is 12.1 Å². The number of nitrogens with zero attached hydrogens (tertiary/aromatic N) is 1. The molecule has 1 N–H and O–H groups in total. The fourth-order valence-electron chi connectivity index (χ4n) is 1.98. The second-order valence-corrected chi connectivity index (χ2v) is 4.68. The summed E-state index contributed by atoms with van der Waals surface area (Å²) in [7, 11) is 2.01. The standard InChI is InChI=1S/C13H18FNO/c1-8-6-13(15(3)10-4-5-10)11(9(2)16)7-12(8)14/h6-7,9-10,16H,4-5H2,1-3H3. The van der Waals surface area contributed by atoms with Gasteiger partial charge in [0.15, 0.2) is 0 Å². The number of benzene rings is 1. The summed E-state index contributed by atoms with van der Waals surface area (Å²) >= 11 is 0. The third kappa shape index (κ3) is 2.05. The van der Waals surface area contributed by atoms with Gasteiger partial charge in [-0.1, -0.05) is 0 Å². The van der Waals surface area contributed by atoms with Gasteiger partial charge in [0.2, 0.25) is 0 Å². The minimum Gasteiger partial charge on any atom is -0.389 e. The van der Waals surface area contributed by atoms with E-state index in [0.717, 1.165) is 5.69 Å². The number of hydrogen-bond donors (Lipinski definition) is 1. The molecule has 0 amide bonds. The van der Waals surface area contributed by atoms with Crippen molar-refractivity contribution >= 4 is 5.69 Å². The van der Waals surface area contributed by atoms with Crippen LogP contribution in [-0.4, -0.2) is 18.2 Å². The Labute approximate surface area is 95.7 Å². The van der Waals surface area contributed by atoms with Gasteiger partial charge in [0.1, 0.15) is 5.82 Å². The molecule has 0 radical (unpaired) electrons. The summed E-state index contributed by atoms with van der Waals surface area (Å²) < 4.78 is 13.5. The van der Waals surface area contributed by atoms with Crippen molar-refractivity contribution in [2.24, 2.45) is 0 Å². The number of halogens is 1. The fourth-order valence-corrected chi connectivity index (χ4v) is 1.98. The Hall–Kier alpha value is -1.09. The van der Waals surface area contributed by atoms with Gasteiger partial charge in [-0.2, -0.15) is 0 Å². The normalized spacial score (nSPS) is 17.3. The van der Waals surface area contributed by atoms with Crippen LogP contribution in [0.3, 0.4) is 0 Å². The zero-order valence-electron chi connectivity index (χ0n) is 10.00. The Balaban J connectivity index is 2.44. The van der Waals surface area contributed by atoms with Crippen molar-refractivity contribution in [1.29, 1.82) is 0 Å². The Bertz CT molecular complexity index is 399. The monoisotopic (exact) mass is 223 g/mol. The lowest BCUT2D eigenvalue weighted by Gasteiger charge is -2.24. The number of aliphatic hydroxyl groups excluding tert-OH is 1. The van der Waals surface area contributed by atoms with E-state index in [2.05, 4.69) is 4.90 Å². The van der Waals surface area contributed by atoms with Crippen LogP contribution in [0, 0.1) is 12.7 Å². The Morgan fingerprint density at radius 2 is 2.06 bits per heavy atom. The maximum absolute atomic E-state index is 13.5. The number of hydrogen-bond acceptors (Lipinski definition) is 2. The highest BCUT2D eigenvalue weighted by Gasteiger charge is 2.28. The molecule has 0 spiro atoms. The highest BCUT2D eigenvalue weighted by Crippen LogP contribution is 2.35. The molecule has 1 aromatic rings. The SMILES string of the molecule is Cc1cc(N(C)C2CC2)c(C(C)O)cc1F. The minimum atomic E-state index is -0.633. The molecule has 0 aliphatic heterocycles. The van der Waals surface area contributed by atoms with Gasteiger partial charge in [-0.05, 0) is 44.4 Å². The molecule has 1 saturated carbocycles. The van der Waals surface area contributed by atoms with Crippen LogP contribution in [0.4, 0.5) is 10.1 Å². The Morgan fingerprint density at radius 3 is 2.56 bits per heavy atom. The summed E-state index contributed by atoms with van der Waals surface area (Å²) in [5.41, 5.74) is 2.26. The van der Waals surface area contributed by atoms with Gasteiger partial charge < -0.3 is 10.0 Å². The van der Waals surface area contributed by atoms with Crippen molar-refractivity contribution in [3.63, 3.8) is 0 Å². The van der Waals surface area contributed by atoms with E-state index in [4.69, 9.17) is 0 Å². The minimum absolute atomic E-state index is 0.246. The smallest absolute Gasteiger partial charge is 0.126 e. The van der Waals surface area contributed by atoms with Crippen molar-refractivity contribution in [3.05, 3.63) is 29.1 Å². The molecule has 0 aromatic heterocycles. The van der Waals surface area contributed by atoms with Crippen molar-refractivity contribution in [2.45, 2.75) is 38.8 Å². The molecular formula is C13H18FNO. The molecule has 0 saturated heterocycles. The largest absolute Gasteiger partial charge is 0.389 e. The third-order valence-corrected chi connectivity index (χ3v) is 3.23. The molecule has 88 valence electrons. The first-order valence-corrected chi connectivity index (χ1v) is 5.71. The maximum Gasteiger partial charge on any atom is 0.126 e. The third-order valence-electron chi connectivity index (χ3n) is 3.23. The fraction of sp³-hybridized carbons (Fsp3) is 0.538. The average Bonchev–Trinajstić information content (AvgIpc) is 3.03. The van der Waals surface area contributed by atoms with Crippen molar-refractivity contribution in [2.75, 3.05) is 11.9 Å². The number of rotatable bonds is 3. The van der Waals surface area contributed by atoms with E-state index in [1.807, 2.05) is 13.1 Å².